The van der Waals surface area contributed by atoms with Crippen LogP contribution in [0.5, 0.6) is 11.5 Å². The first-order valence-electron chi connectivity index (χ1n) is 5.60. The molecule has 0 amide bonds. The van der Waals surface area contributed by atoms with Crippen LogP contribution in [-0.2, 0) is 10.1 Å². The molecule has 1 aromatic carbocycles. The molecule has 0 radical (unpaired) electrons. The Hall–Kier alpha value is -2.03. The number of alkyl halides is 3. The van der Waals surface area contributed by atoms with Crippen molar-refractivity contribution in [1.29, 1.82) is 0 Å². The summed E-state index contributed by atoms with van der Waals surface area (Å²) >= 11 is 0. The van der Waals surface area contributed by atoms with E-state index in [9.17, 15) is 21.6 Å². The number of hydrogen-bond donors (Lipinski definition) is 0. The van der Waals surface area contributed by atoms with E-state index in [4.69, 9.17) is 4.74 Å². The van der Waals surface area contributed by atoms with Crippen molar-refractivity contribution < 1.29 is 30.5 Å². The Labute approximate surface area is 118 Å². The Balaban J connectivity index is 2.63. The molecule has 2 rings (SSSR count). The fourth-order valence-electron chi connectivity index (χ4n) is 1.66. The Morgan fingerprint density at radius 3 is 2.43 bits per heavy atom. The predicted molar refractivity (Wildman–Crippen MR) is 68.6 cm³/mol. The van der Waals surface area contributed by atoms with E-state index in [2.05, 4.69) is 9.17 Å². The zero-order chi connectivity index (χ0) is 15.8. The Morgan fingerprint density at radius 2 is 1.86 bits per heavy atom. The van der Waals surface area contributed by atoms with Crippen LogP contribution in [0.2, 0.25) is 0 Å². The van der Waals surface area contributed by atoms with E-state index in [1.165, 1.54) is 26.2 Å². The number of fused-ring (bicyclic) bond motifs is 1. The monoisotopic (exact) mass is 321 g/mol. The molecule has 0 aliphatic rings. The van der Waals surface area contributed by atoms with E-state index in [-0.39, 0.29) is 5.39 Å². The highest BCUT2D eigenvalue weighted by Crippen LogP contribution is 2.33. The van der Waals surface area contributed by atoms with Crippen molar-refractivity contribution in [3.63, 3.8) is 0 Å². The van der Waals surface area contributed by atoms with Gasteiger partial charge in [0, 0.05) is 17.1 Å². The molecule has 0 fully saturated rings. The van der Waals surface area contributed by atoms with Crippen LogP contribution in [0.15, 0.2) is 24.3 Å². The second-order valence-electron chi connectivity index (χ2n) is 4.13. The summed E-state index contributed by atoms with van der Waals surface area (Å²) in [6.07, 6.45) is 0. The maximum atomic E-state index is 12.4. The normalized spacial score (nSPS) is 12.4. The molecule has 5 nitrogen and oxygen atoms in total. The Morgan fingerprint density at radius 1 is 1.19 bits per heavy atom. The van der Waals surface area contributed by atoms with E-state index in [0.29, 0.717) is 17.0 Å². The van der Waals surface area contributed by atoms with E-state index >= 15 is 0 Å². The van der Waals surface area contributed by atoms with Crippen molar-refractivity contribution in [1.82, 2.24) is 4.98 Å². The smallest absolute Gasteiger partial charge is 0.497 e. The maximum Gasteiger partial charge on any atom is 0.534 e. The van der Waals surface area contributed by atoms with Crippen molar-refractivity contribution in [3.8, 4) is 11.5 Å². The molecule has 0 unspecified atom stereocenters. The molecule has 9 heteroatoms. The van der Waals surface area contributed by atoms with Gasteiger partial charge < -0.3 is 8.92 Å². The lowest BCUT2D eigenvalue weighted by molar-refractivity contribution is -0.0499. The van der Waals surface area contributed by atoms with Gasteiger partial charge in [0.1, 0.15) is 5.75 Å². The molecule has 1 aromatic heterocycles. The minimum absolute atomic E-state index is 0.104. The van der Waals surface area contributed by atoms with Gasteiger partial charge >= 0.3 is 15.6 Å². The molecular formula is C12H10F3NO4S. The van der Waals surface area contributed by atoms with Crippen molar-refractivity contribution in [2.75, 3.05) is 7.11 Å². The van der Waals surface area contributed by atoms with Gasteiger partial charge in [-0.05, 0) is 25.1 Å². The molecule has 0 spiro atoms. The molecule has 114 valence electrons. The van der Waals surface area contributed by atoms with Gasteiger partial charge in [-0.3, -0.25) is 4.98 Å². The van der Waals surface area contributed by atoms with Crippen LogP contribution in [0, 0.1) is 6.92 Å². The van der Waals surface area contributed by atoms with Gasteiger partial charge in [-0.2, -0.15) is 21.6 Å². The third kappa shape index (κ3) is 3.02. The molecule has 21 heavy (non-hydrogen) atoms. The summed E-state index contributed by atoms with van der Waals surface area (Å²) in [6, 6.07) is 5.51. The SMILES string of the molecule is COc1ccc2nc(C)cc(OS(=O)(=O)C(F)(F)F)c2c1. The summed E-state index contributed by atoms with van der Waals surface area (Å²) in [5.74, 6) is -0.115. The summed E-state index contributed by atoms with van der Waals surface area (Å²) < 4.78 is 68.7. The molecule has 2 aromatic rings. The first-order chi connectivity index (χ1) is 9.64. The standard InChI is InChI=1S/C12H10F3NO4S/c1-7-5-11(20-21(17,18)12(13,14)15)9-6-8(19-2)3-4-10(9)16-7/h3-6H,1-2H3. The third-order valence-corrected chi connectivity index (χ3v) is 3.55. The first kappa shape index (κ1) is 15.4. The van der Waals surface area contributed by atoms with Crippen molar-refractivity contribution in [3.05, 3.63) is 30.0 Å². The highest BCUT2D eigenvalue weighted by Gasteiger charge is 2.48. The number of benzene rings is 1. The maximum absolute atomic E-state index is 12.4. The van der Waals surface area contributed by atoms with Crippen molar-refractivity contribution in [2.24, 2.45) is 0 Å². The summed E-state index contributed by atoms with van der Waals surface area (Å²) in [4.78, 5) is 4.09. The average Bonchev–Trinajstić information content (AvgIpc) is 2.36. The van der Waals surface area contributed by atoms with Gasteiger partial charge in [-0.1, -0.05) is 0 Å². The number of aryl methyl sites for hydroxylation is 1. The van der Waals surface area contributed by atoms with Crippen LogP contribution in [0.1, 0.15) is 5.69 Å². The van der Waals surface area contributed by atoms with Crippen LogP contribution in [0.3, 0.4) is 0 Å². The van der Waals surface area contributed by atoms with E-state index < -0.39 is 21.4 Å². The highest BCUT2D eigenvalue weighted by molar-refractivity contribution is 7.88. The van der Waals surface area contributed by atoms with Crippen LogP contribution in [-0.4, -0.2) is 26.0 Å². The van der Waals surface area contributed by atoms with Gasteiger partial charge in [-0.15, -0.1) is 0 Å². The van der Waals surface area contributed by atoms with Crippen LogP contribution < -0.4 is 8.92 Å². The predicted octanol–water partition coefficient (Wildman–Crippen LogP) is 2.78. The minimum atomic E-state index is -5.75. The molecule has 0 N–H and O–H groups in total. The molecule has 0 aliphatic heterocycles. The van der Waals surface area contributed by atoms with Gasteiger partial charge in [0.05, 0.1) is 12.6 Å². The lowest BCUT2D eigenvalue weighted by atomic mass is 10.2. The number of methoxy groups -OCH3 is 1. The summed E-state index contributed by atoms with van der Waals surface area (Å²) in [6.45, 7) is 1.51. The Kier molecular flexibility index (Phi) is 3.70. The minimum Gasteiger partial charge on any atom is -0.497 e. The van der Waals surface area contributed by atoms with Gasteiger partial charge in [-0.25, -0.2) is 0 Å². The summed E-state index contributed by atoms with van der Waals surface area (Å²) in [7, 11) is -4.38. The molecule has 0 atom stereocenters. The van der Waals surface area contributed by atoms with Crippen LogP contribution >= 0.6 is 0 Å². The Bertz CT molecular complexity index is 787. The number of hydrogen-bond acceptors (Lipinski definition) is 5. The average molecular weight is 321 g/mol. The number of halogens is 3. The van der Waals surface area contributed by atoms with Gasteiger partial charge in [0.25, 0.3) is 0 Å². The second kappa shape index (κ2) is 5.06. The zero-order valence-electron chi connectivity index (χ0n) is 10.9. The zero-order valence-corrected chi connectivity index (χ0v) is 11.7. The fraction of sp³-hybridized carbons (Fsp3) is 0.250. The van der Waals surface area contributed by atoms with Crippen LogP contribution in [0.4, 0.5) is 13.2 Å². The molecular weight excluding hydrogens is 311 g/mol. The summed E-state index contributed by atoms with van der Waals surface area (Å²) in [5.41, 5.74) is -4.89. The van der Waals surface area contributed by atoms with Crippen LogP contribution in [0.25, 0.3) is 10.9 Å². The van der Waals surface area contributed by atoms with Gasteiger partial charge in [0.15, 0.2) is 5.75 Å². The van der Waals surface area contributed by atoms with Gasteiger partial charge in [0.2, 0.25) is 0 Å². The molecule has 0 aliphatic carbocycles. The largest absolute Gasteiger partial charge is 0.534 e. The molecule has 1 heterocycles. The number of pyridine rings is 1. The quantitative estimate of drug-likeness (QED) is 0.642. The summed E-state index contributed by atoms with van der Waals surface area (Å²) in [5, 5.41) is 0.104. The fourth-order valence-corrected chi connectivity index (χ4v) is 2.13. The van der Waals surface area contributed by atoms with Crippen molar-refractivity contribution >= 4 is 21.0 Å². The number of ether oxygens (including phenoxy) is 1. The number of rotatable bonds is 3. The number of nitrogens with zero attached hydrogens (tertiary/aromatic N) is 1. The highest BCUT2D eigenvalue weighted by atomic mass is 32.2. The van der Waals surface area contributed by atoms with E-state index in [0.717, 1.165) is 6.07 Å². The molecule has 0 bridgehead atoms. The third-order valence-electron chi connectivity index (χ3n) is 2.59. The second-order valence-corrected chi connectivity index (χ2v) is 5.67. The lowest BCUT2D eigenvalue weighted by Gasteiger charge is -2.12. The van der Waals surface area contributed by atoms with E-state index in [1.807, 2.05) is 0 Å². The first-order valence-corrected chi connectivity index (χ1v) is 7.01. The lowest BCUT2D eigenvalue weighted by Crippen LogP contribution is -2.28. The topological polar surface area (TPSA) is 65.5 Å². The number of aromatic nitrogens is 1. The van der Waals surface area contributed by atoms with E-state index in [1.54, 1.807) is 6.07 Å². The molecule has 0 saturated carbocycles. The molecule has 0 saturated heterocycles. The van der Waals surface area contributed by atoms with Crippen molar-refractivity contribution in [2.45, 2.75) is 12.4 Å².